The lowest BCUT2D eigenvalue weighted by atomic mass is 9.80. The summed E-state index contributed by atoms with van der Waals surface area (Å²) in [6, 6.07) is 0. The minimum atomic E-state index is 0.614. The molecule has 18 heavy (non-hydrogen) atoms. The van der Waals surface area contributed by atoms with Crippen LogP contribution in [0.2, 0.25) is 5.02 Å². The van der Waals surface area contributed by atoms with Crippen LogP contribution in [-0.4, -0.2) is 11.5 Å². The van der Waals surface area contributed by atoms with Crippen molar-refractivity contribution in [1.82, 2.24) is 4.98 Å². The molecule has 0 atom stereocenters. The molecule has 2 aliphatic rings. The quantitative estimate of drug-likeness (QED) is 0.860. The number of nitrogens with one attached hydrogen (secondary N) is 1. The van der Waals surface area contributed by atoms with Gasteiger partial charge in [0.25, 0.3) is 0 Å². The van der Waals surface area contributed by atoms with Crippen molar-refractivity contribution in [3.05, 3.63) is 28.9 Å². The van der Waals surface area contributed by atoms with E-state index in [1.807, 2.05) is 0 Å². The van der Waals surface area contributed by atoms with Crippen molar-refractivity contribution in [2.75, 3.05) is 11.9 Å². The zero-order valence-electron chi connectivity index (χ0n) is 10.6. The third-order valence-electron chi connectivity index (χ3n) is 4.22. The first-order valence-electron chi connectivity index (χ1n) is 6.88. The predicted octanol–water partition coefficient (Wildman–Crippen LogP) is 4.30. The lowest BCUT2D eigenvalue weighted by Crippen LogP contribution is -2.09. The molecule has 2 nitrogen and oxygen atoms in total. The highest BCUT2D eigenvalue weighted by Crippen LogP contribution is 2.40. The van der Waals surface area contributed by atoms with Gasteiger partial charge >= 0.3 is 0 Å². The lowest BCUT2D eigenvalue weighted by molar-refractivity contribution is 0.430. The molecular weight excluding hydrogens is 244 g/mol. The van der Waals surface area contributed by atoms with Crippen LogP contribution < -0.4 is 5.32 Å². The van der Waals surface area contributed by atoms with Crippen molar-refractivity contribution in [1.29, 1.82) is 0 Å². The second-order valence-electron chi connectivity index (χ2n) is 5.35. The van der Waals surface area contributed by atoms with Gasteiger partial charge in [0.1, 0.15) is 5.82 Å². The maximum absolute atomic E-state index is 6.37. The van der Waals surface area contributed by atoms with E-state index in [2.05, 4.69) is 16.9 Å². The van der Waals surface area contributed by atoms with E-state index in [0.717, 1.165) is 23.8 Å². The second-order valence-corrected chi connectivity index (χ2v) is 5.75. The van der Waals surface area contributed by atoms with Crippen LogP contribution in [0.4, 0.5) is 5.82 Å². The topological polar surface area (TPSA) is 24.9 Å². The van der Waals surface area contributed by atoms with Gasteiger partial charge in [0, 0.05) is 23.9 Å². The van der Waals surface area contributed by atoms with Crippen molar-refractivity contribution in [2.45, 2.75) is 38.5 Å². The molecule has 0 saturated heterocycles. The fraction of sp³-hybridized carbons (Fsp3) is 0.533. The molecule has 1 aromatic heterocycles. The number of aromatic nitrogens is 1. The number of anilines is 1. The first kappa shape index (κ1) is 12.0. The summed E-state index contributed by atoms with van der Waals surface area (Å²) < 4.78 is 0. The van der Waals surface area contributed by atoms with E-state index in [1.54, 1.807) is 6.20 Å². The highest BCUT2D eigenvalue weighted by molar-refractivity contribution is 6.32. The highest BCUT2D eigenvalue weighted by atomic mass is 35.5. The van der Waals surface area contributed by atoms with E-state index in [-0.39, 0.29) is 0 Å². The van der Waals surface area contributed by atoms with E-state index in [1.165, 1.54) is 48.8 Å². The summed E-state index contributed by atoms with van der Waals surface area (Å²) in [6.07, 6.45) is 9.33. The average Bonchev–Trinajstić information content (AvgIpc) is 2.87. The number of allylic oxidation sites excluding steroid dienone is 1. The van der Waals surface area contributed by atoms with Crippen LogP contribution in [0.1, 0.15) is 43.2 Å². The van der Waals surface area contributed by atoms with Gasteiger partial charge in [-0.3, -0.25) is 0 Å². The van der Waals surface area contributed by atoms with Crippen LogP contribution in [0.3, 0.4) is 0 Å². The van der Waals surface area contributed by atoms with E-state index >= 15 is 0 Å². The van der Waals surface area contributed by atoms with Crippen LogP contribution in [0.5, 0.6) is 0 Å². The van der Waals surface area contributed by atoms with Gasteiger partial charge < -0.3 is 5.32 Å². The second kappa shape index (κ2) is 4.93. The first-order valence-corrected chi connectivity index (χ1v) is 7.25. The number of rotatable bonds is 2. The normalized spacial score (nSPS) is 19.4. The Hall–Kier alpha value is -1.02. The van der Waals surface area contributed by atoms with E-state index < -0.39 is 0 Å². The van der Waals surface area contributed by atoms with Gasteiger partial charge in [0.2, 0.25) is 0 Å². The summed E-state index contributed by atoms with van der Waals surface area (Å²) in [6.45, 7) is 5.31. The van der Waals surface area contributed by atoms with Gasteiger partial charge in [-0.15, -0.1) is 0 Å². The maximum atomic E-state index is 6.37. The summed E-state index contributed by atoms with van der Waals surface area (Å²) in [5.74, 6) is 1.62. The molecule has 1 fully saturated rings. The molecule has 96 valence electrons. The lowest BCUT2D eigenvalue weighted by Gasteiger charge is -2.25. The monoisotopic (exact) mass is 262 g/mol. The molecule has 1 aliphatic heterocycles. The number of halogens is 1. The molecule has 0 radical (unpaired) electrons. The van der Waals surface area contributed by atoms with Crippen LogP contribution >= 0.6 is 11.6 Å². The Morgan fingerprint density at radius 2 is 2.11 bits per heavy atom. The van der Waals surface area contributed by atoms with Crippen molar-refractivity contribution in [3.63, 3.8) is 0 Å². The Kier molecular flexibility index (Phi) is 3.29. The molecule has 0 unspecified atom stereocenters. The molecule has 3 heteroatoms. The summed E-state index contributed by atoms with van der Waals surface area (Å²) in [5.41, 5.74) is 3.69. The van der Waals surface area contributed by atoms with Gasteiger partial charge in [-0.2, -0.15) is 0 Å². The SMILES string of the molecule is C=C(c1c(Cl)cnc2c1CCN2)C1CCCCC1. The average molecular weight is 263 g/mol. The Morgan fingerprint density at radius 3 is 2.89 bits per heavy atom. The number of nitrogens with zero attached hydrogens (tertiary/aromatic N) is 1. The smallest absolute Gasteiger partial charge is 0.129 e. The van der Waals surface area contributed by atoms with Crippen LogP contribution in [0.15, 0.2) is 12.8 Å². The molecule has 0 spiro atoms. The third-order valence-corrected chi connectivity index (χ3v) is 4.51. The molecular formula is C15H19ClN2. The number of pyridine rings is 1. The van der Waals surface area contributed by atoms with Gasteiger partial charge in [0.15, 0.2) is 0 Å². The maximum Gasteiger partial charge on any atom is 0.129 e. The fourth-order valence-electron chi connectivity index (χ4n) is 3.23. The highest BCUT2D eigenvalue weighted by Gasteiger charge is 2.25. The molecule has 0 bridgehead atoms. The summed E-state index contributed by atoms with van der Waals surface area (Å²) in [5, 5.41) is 4.09. The Labute approximate surface area is 113 Å². The van der Waals surface area contributed by atoms with Gasteiger partial charge in [-0.1, -0.05) is 37.4 Å². The minimum Gasteiger partial charge on any atom is -0.369 e. The van der Waals surface area contributed by atoms with Crippen molar-refractivity contribution < 1.29 is 0 Å². The Bertz CT molecular complexity index is 476. The van der Waals surface area contributed by atoms with Crippen molar-refractivity contribution in [3.8, 4) is 0 Å². The number of hydrogen-bond acceptors (Lipinski definition) is 2. The Morgan fingerprint density at radius 1 is 1.33 bits per heavy atom. The van der Waals surface area contributed by atoms with Gasteiger partial charge in [0.05, 0.1) is 5.02 Å². The molecule has 1 aliphatic carbocycles. The van der Waals surface area contributed by atoms with Crippen LogP contribution in [0.25, 0.3) is 5.57 Å². The third kappa shape index (κ3) is 2.03. The molecule has 2 heterocycles. The van der Waals surface area contributed by atoms with E-state index in [0.29, 0.717) is 5.92 Å². The first-order chi connectivity index (χ1) is 8.77. The minimum absolute atomic E-state index is 0.614. The van der Waals surface area contributed by atoms with Crippen LogP contribution in [-0.2, 0) is 6.42 Å². The molecule has 1 N–H and O–H groups in total. The summed E-state index contributed by atoms with van der Waals surface area (Å²) in [7, 11) is 0. The number of fused-ring (bicyclic) bond motifs is 1. The largest absolute Gasteiger partial charge is 0.369 e. The number of hydrogen-bond donors (Lipinski definition) is 1. The van der Waals surface area contributed by atoms with Gasteiger partial charge in [-0.05, 0) is 30.8 Å². The van der Waals surface area contributed by atoms with E-state index in [4.69, 9.17) is 11.6 Å². The Balaban J connectivity index is 1.96. The zero-order valence-corrected chi connectivity index (χ0v) is 11.4. The van der Waals surface area contributed by atoms with E-state index in [9.17, 15) is 0 Å². The summed E-state index contributed by atoms with van der Waals surface area (Å²) in [4.78, 5) is 4.36. The predicted molar refractivity (Wildman–Crippen MR) is 77.0 cm³/mol. The zero-order chi connectivity index (χ0) is 12.5. The fourth-order valence-corrected chi connectivity index (χ4v) is 3.51. The molecule has 0 amide bonds. The molecule has 1 saturated carbocycles. The molecule has 1 aromatic rings. The molecule has 0 aromatic carbocycles. The van der Waals surface area contributed by atoms with Crippen molar-refractivity contribution >= 4 is 23.0 Å². The molecule has 3 rings (SSSR count). The van der Waals surface area contributed by atoms with Crippen molar-refractivity contribution in [2.24, 2.45) is 5.92 Å². The summed E-state index contributed by atoms with van der Waals surface area (Å²) >= 11 is 6.37. The van der Waals surface area contributed by atoms with Crippen LogP contribution in [0, 0.1) is 5.92 Å². The standard InChI is InChI=1S/C15H19ClN2/c1-10(11-5-3-2-4-6-11)14-12-7-8-17-15(12)18-9-13(14)16/h9,11H,1-8H2,(H,17,18). The van der Waals surface area contributed by atoms with Gasteiger partial charge in [-0.25, -0.2) is 4.98 Å².